The van der Waals surface area contributed by atoms with Crippen LogP contribution in [0.4, 0.5) is 18.9 Å². The lowest BCUT2D eigenvalue weighted by Gasteiger charge is -2.13. The van der Waals surface area contributed by atoms with Crippen molar-refractivity contribution in [3.8, 4) is 11.5 Å². The van der Waals surface area contributed by atoms with Crippen molar-refractivity contribution >= 4 is 11.6 Å². The highest BCUT2D eigenvalue weighted by Crippen LogP contribution is 2.29. The molecule has 24 heavy (non-hydrogen) atoms. The summed E-state index contributed by atoms with van der Waals surface area (Å²) < 4.78 is 46.0. The highest BCUT2D eigenvalue weighted by Gasteiger charge is 2.27. The minimum Gasteiger partial charge on any atom is -0.455 e. The maximum atomic E-state index is 12.0. The predicted octanol–water partition coefficient (Wildman–Crippen LogP) is 4.30. The molecule has 4 nitrogen and oxygen atoms in total. The molecular weight excluding hydrogens is 323 g/mol. The Hall–Kier alpha value is -2.54. The molecule has 0 atom stereocenters. The molecule has 0 aliphatic carbocycles. The summed E-state index contributed by atoms with van der Waals surface area (Å²) in [6, 6.07) is 14.0. The number of hydrogen-bond acceptors (Lipinski definition) is 3. The Labute approximate surface area is 137 Å². The van der Waals surface area contributed by atoms with Crippen molar-refractivity contribution in [1.82, 2.24) is 0 Å². The van der Waals surface area contributed by atoms with E-state index in [1.54, 1.807) is 30.3 Å². The van der Waals surface area contributed by atoms with E-state index in [9.17, 15) is 18.0 Å². The number of amides is 1. The summed E-state index contributed by atoms with van der Waals surface area (Å²) in [7, 11) is 0. The van der Waals surface area contributed by atoms with Gasteiger partial charge in [-0.05, 0) is 36.8 Å². The first-order valence-corrected chi connectivity index (χ1v) is 7.11. The van der Waals surface area contributed by atoms with E-state index in [0.717, 1.165) is 5.56 Å². The number of ether oxygens (including phenoxy) is 2. The smallest absolute Gasteiger partial charge is 0.411 e. The van der Waals surface area contributed by atoms with Crippen molar-refractivity contribution in [3.05, 3.63) is 54.1 Å². The standard InChI is InChI=1S/C17H16F3NO3/c1-12-5-4-6-13(9-12)24-15-8-3-2-7-14(15)21-16(22)10-23-11-17(18,19)20/h2-9H,10-11H2,1H3,(H,21,22). The summed E-state index contributed by atoms with van der Waals surface area (Å²) in [6.45, 7) is -0.251. The van der Waals surface area contributed by atoms with Crippen molar-refractivity contribution in [2.24, 2.45) is 0 Å². The molecule has 0 spiro atoms. The minimum atomic E-state index is -4.47. The first kappa shape index (κ1) is 17.8. The Bertz CT molecular complexity index is 701. The topological polar surface area (TPSA) is 47.6 Å². The molecule has 2 rings (SSSR count). The van der Waals surface area contributed by atoms with Crippen LogP contribution in [0, 0.1) is 6.92 Å². The molecule has 128 valence electrons. The lowest BCUT2D eigenvalue weighted by molar-refractivity contribution is -0.174. The number of carbonyl (C=O) groups is 1. The molecule has 2 aromatic rings. The molecule has 0 fully saturated rings. The van der Waals surface area contributed by atoms with Crippen LogP contribution in [0.15, 0.2) is 48.5 Å². The van der Waals surface area contributed by atoms with Crippen LogP contribution in [0.2, 0.25) is 0 Å². The molecular formula is C17H16F3NO3. The molecule has 1 amide bonds. The van der Waals surface area contributed by atoms with Gasteiger partial charge in [0, 0.05) is 0 Å². The summed E-state index contributed by atoms with van der Waals surface area (Å²) in [5.74, 6) is 0.275. The third-order valence-electron chi connectivity index (χ3n) is 2.88. The summed E-state index contributed by atoms with van der Waals surface area (Å²) in [6.07, 6.45) is -4.47. The van der Waals surface area contributed by atoms with Crippen LogP contribution in [0.5, 0.6) is 11.5 Å². The average Bonchev–Trinajstić information content (AvgIpc) is 2.48. The van der Waals surface area contributed by atoms with Gasteiger partial charge in [0.05, 0.1) is 5.69 Å². The van der Waals surface area contributed by atoms with Crippen LogP contribution in [0.1, 0.15) is 5.56 Å². The molecule has 2 aromatic carbocycles. The van der Waals surface area contributed by atoms with Gasteiger partial charge in [0.1, 0.15) is 19.0 Å². The van der Waals surface area contributed by atoms with Gasteiger partial charge in [-0.1, -0.05) is 24.3 Å². The molecule has 0 radical (unpaired) electrons. The van der Waals surface area contributed by atoms with Crippen LogP contribution >= 0.6 is 0 Å². The number of alkyl halides is 3. The molecule has 1 N–H and O–H groups in total. The van der Waals surface area contributed by atoms with Gasteiger partial charge in [-0.25, -0.2) is 0 Å². The van der Waals surface area contributed by atoms with Crippen LogP contribution in [0.25, 0.3) is 0 Å². The first-order chi connectivity index (χ1) is 11.3. The van der Waals surface area contributed by atoms with Crippen molar-refractivity contribution in [1.29, 1.82) is 0 Å². The predicted molar refractivity (Wildman–Crippen MR) is 83.2 cm³/mol. The molecule has 0 saturated heterocycles. The van der Waals surface area contributed by atoms with E-state index in [2.05, 4.69) is 10.1 Å². The Morgan fingerprint density at radius 2 is 1.88 bits per heavy atom. The zero-order valence-corrected chi connectivity index (χ0v) is 12.9. The highest BCUT2D eigenvalue weighted by atomic mass is 19.4. The summed E-state index contributed by atoms with van der Waals surface area (Å²) in [5, 5.41) is 2.48. The number of benzene rings is 2. The van der Waals surface area contributed by atoms with Gasteiger partial charge in [-0.2, -0.15) is 13.2 Å². The zero-order chi connectivity index (χ0) is 17.6. The Morgan fingerprint density at radius 3 is 2.58 bits per heavy atom. The lowest BCUT2D eigenvalue weighted by Crippen LogP contribution is -2.24. The molecule has 0 aromatic heterocycles. The number of rotatable bonds is 6. The van der Waals surface area contributed by atoms with Crippen molar-refractivity contribution in [3.63, 3.8) is 0 Å². The quantitative estimate of drug-likeness (QED) is 0.853. The Balaban J connectivity index is 1.99. The van der Waals surface area contributed by atoms with E-state index in [0.29, 0.717) is 17.2 Å². The van der Waals surface area contributed by atoms with Crippen LogP contribution in [-0.4, -0.2) is 25.3 Å². The van der Waals surface area contributed by atoms with Gasteiger partial charge in [-0.3, -0.25) is 4.79 Å². The largest absolute Gasteiger partial charge is 0.455 e. The van der Waals surface area contributed by atoms with E-state index in [1.165, 1.54) is 0 Å². The average molecular weight is 339 g/mol. The molecule has 0 heterocycles. The number of halogens is 3. The number of aryl methyl sites for hydroxylation is 1. The molecule has 0 aliphatic rings. The minimum absolute atomic E-state index is 0.347. The number of para-hydroxylation sites is 2. The second kappa shape index (κ2) is 7.83. The maximum Gasteiger partial charge on any atom is 0.411 e. The van der Waals surface area contributed by atoms with Gasteiger partial charge < -0.3 is 14.8 Å². The van der Waals surface area contributed by atoms with Crippen LogP contribution in [0.3, 0.4) is 0 Å². The third kappa shape index (κ3) is 5.92. The molecule has 0 bridgehead atoms. The van der Waals surface area contributed by atoms with E-state index >= 15 is 0 Å². The van der Waals surface area contributed by atoms with Crippen molar-refractivity contribution in [2.75, 3.05) is 18.5 Å². The number of anilines is 1. The number of nitrogens with one attached hydrogen (secondary N) is 1. The van der Waals surface area contributed by atoms with E-state index < -0.39 is 25.3 Å². The summed E-state index contributed by atoms with van der Waals surface area (Å²) in [5.41, 5.74) is 1.36. The van der Waals surface area contributed by atoms with Crippen molar-refractivity contribution in [2.45, 2.75) is 13.1 Å². The number of carbonyl (C=O) groups excluding carboxylic acids is 1. The fourth-order valence-electron chi connectivity index (χ4n) is 1.91. The molecule has 0 saturated carbocycles. The lowest BCUT2D eigenvalue weighted by atomic mass is 10.2. The van der Waals surface area contributed by atoms with E-state index in [-0.39, 0.29) is 0 Å². The van der Waals surface area contributed by atoms with E-state index in [1.807, 2.05) is 25.1 Å². The van der Waals surface area contributed by atoms with E-state index in [4.69, 9.17) is 4.74 Å². The first-order valence-electron chi connectivity index (χ1n) is 7.11. The number of hydrogen-bond donors (Lipinski definition) is 1. The van der Waals surface area contributed by atoms with Crippen LogP contribution in [-0.2, 0) is 9.53 Å². The van der Waals surface area contributed by atoms with Gasteiger partial charge in [0.15, 0.2) is 5.75 Å². The maximum absolute atomic E-state index is 12.0. The van der Waals surface area contributed by atoms with Gasteiger partial charge >= 0.3 is 6.18 Å². The summed E-state index contributed by atoms with van der Waals surface area (Å²) >= 11 is 0. The fraction of sp³-hybridized carbons (Fsp3) is 0.235. The summed E-state index contributed by atoms with van der Waals surface area (Å²) in [4.78, 5) is 11.7. The van der Waals surface area contributed by atoms with Crippen LogP contribution < -0.4 is 10.1 Å². The molecule has 0 unspecified atom stereocenters. The second-order valence-corrected chi connectivity index (χ2v) is 5.07. The third-order valence-corrected chi connectivity index (χ3v) is 2.88. The highest BCUT2D eigenvalue weighted by molar-refractivity contribution is 5.93. The Morgan fingerprint density at radius 1 is 1.12 bits per heavy atom. The fourth-order valence-corrected chi connectivity index (χ4v) is 1.91. The monoisotopic (exact) mass is 339 g/mol. The molecule has 7 heteroatoms. The van der Waals surface area contributed by atoms with Gasteiger partial charge in [0.25, 0.3) is 0 Å². The Kier molecular flexibility index (Phi) is 5.81. The molecule has 0 aliphatic heterocycles. The van der Waals surface area contributed by atoms with Gasteiger partial charge in [0.2, 0.25) is 5.91 Å². The van der Waals surface area contributed by atoms with Gasteiger partial charge in [-0.15, -0.1) is 0 Å². The zero-order valence-electron chi connectivity index (χ0n) is 12.9. The second-order valence-electron chi connectivity index (χ2n) is 5.07. The SMILES string of the molecule is Cc1cccc(Oc2ccccc2NC(=O)COCC(F)(F)F)c1. The van der Waals surface area contributed by atoms with Crippen molar-refractivity contribution < 1.29 is 27.4 Å². The normalized spacial score (nSPS) is 11.2.